The summed E-state index contributed by atoms with van der Waals surface area (Å²) in [5.41, 5.74) is 3.58. The van der Waals surface area contributed by atoms with Crippen molar-refractivity contribution >= 4 is 41.7 Å². The largest absolute Gasteiger partial charge is 0.497 e. The normalized spacial score (nSPS) is 21.6. The third-order valence-electron chi connectivity index (χ3n) is 14.3. The van der Waals surface area contributed by atoms with E-state index in [1.54, 1.807) is 14.2 Å². The van der Waals surface area contributed by atoms with Crippen molar-refractivity contribution in [2.45, 2.75) is 149 Å². The lowest BCUT2D eigenvalue weighted by Gasteiger charge is -2.50. The molecule has 0 radical (unpaired) electrons. The number of benzene rings is 3. The Morgan fingerprint density at radius 3 is 1.91 bits per heavy atom. The number of amides is 2. The van der Waals surface area contributed by atoms with Crippen LogP contribution in [0.1, 0.15) is 99.0 Å². The highest BCUT2D eigenvalue weighted by atomic mass is 16.7. The van der Waals surface area contributed by atoms with Gasteiger partial charge in [0, 0.05) is 47.3 Å². The molecule has 22 heteroatoms. The number of methoxy groups -OCH3 is 2. The van der Waals surface area contributed by atoms with Crippen LogP contribution in [0.5, 0.6) is 11.5 Å². The first-order valence-corrected chi connectivity index (χ1v) is 27.2. The SMILES string of the molecule is CC[N+](CC)(CC)[C@]1(COCc2ccc(-c3ccc(OC)cc3)cc2-c2ccc(OC)cc2)O[C@@H](OCCCCCCNC(=O)CO[C@@H]2O[C@H](COC(C)=O)[C@H](OC(C)=O)[C@H](OC(C)=O)[C@H]2NC(C)=O)C[C@@H]1OC(=O)CCC(=O)O. The van der Waals surface area contributed by atoms with Gasteiger partial charge < -0.3 is 63.1 Å². The van der Waals surface area contributed by atoms with Crippen LogP contribution in [-0.4, -0.2) is 167 Å². The van der Waals surface area contributed by atoms with Crippen molar-refractivity contribution in [2.75, 3.05) is 66.8 Å². The second kappa shape index (κ2) is 31.3. The molecule has 3 aromatic carbocycles. The molecule has 2 saturated heterocycles. The zero-order valence-electron chi connectivity index (χ0n) is 47.4. The molecule has 440 valence electrons. The predicted molar refractivity (Wildman–Crippen MR) is 288 cm³/mol. The zero-order valence-corrected chi connectivity index (χ0v) is 47.4. The van der Waals surface area contributed by atoms with Gasteiger partial charge in [-0.1, -0.05) is 49.2 Å². The van der Waals surface area contributed by atoms with Gasteiger partial charge in [0.2, 0.25) is 11.8 Å². The highest BCUT2D eigenvalue weighted by molar-refractivity contribution is 5.78. The summed E-state index contributed by atoms with van der Waals surface area (Å²) in [7, 11) is 3.25. The lowest BCUT2D eigenvalue weighted by atomic mass is 9.94. The number of hydrogen-bond acceptors (Lipinski definition) is 18. The molecule has 5 rings (SSSR count). The number of aliphatic carboxylic acids is 1. The Hall–Kier alpha value is -6.69. The molecule has 0 saturated carbocycles. The van der Waals surface area contributed by atoms with E-state index in [0.717, 1.165) is 59.6 Å². The van der Waals surface area contributed by atoms with E-state index in [1.807, 2.05) is 60.7 Å². The highest BCUT2D eigenvalue weighted by Gasteiger charge is 2.64. The van der Waals surface area contributed by atoms with Crippen LogP contribution in [0.2, 0.25) is 0 Å². The minimum Gasteiger partial charge on any atom is -0.497 e. The summed E-state index contributed by atoms with van der Waals surface area (Å²) >= 11 is 0. The number of carbonyl (C=O) groups is 7. The highest BCUT2D eigenvalue weighted by Crippen LogP contribution is 2.43. The number of nitrogens with one attached hydrogen (secondary N) is 2. The van der Waals surface area contributed by atoms with Gasteiger partial charge in [-0.05, 0) is 91.8 Å². The summed E-state index contributed by atoms with van der Waals surface area (Å²) in [6.07, 6.45) is -4.70. The second-order valence-electron chi connectivity index (χ2n) is 19.6. The minimum absolute atomic E-state index is 0.0177. The molecule has 0 spiro atoms. The number of carboxylic acid groups (broad SMARTS) is 1. The Labute approximate surface area is 467 Å². The molecule has 22 nitrogen and oxygen atoms in total. The quantitative estimate of drug-likeness (QED) is 0.0279. The smallest absolute Gasteiger partial charge is 0.306 e. The van der Waals surface area contributed by atoms with E-state index in [0.29, 0.717) is 56.5 Å². The van der Waals surface area contributed by atoms with E-state index in [4.69, 9.17) is 52.1 Å². The Morgan fingerprint density at radius 1 is 0.713 bits per heavy atom. The van der Waals surface area contributed by atoms with Gasteiger partial charge in [-0.3, -0.25) is 42.8 Å². The van der Waals surface area contributed by atoms with Crippen molar-refractivity contribution < 1.29 is 95.3 Å². The number of quaternary nitrogens is 1. The maximum Gasteiger partial charge on any atom is 0.306 e. The van der Waals surface area contributed by atoms with Crippen molar-refractivity contribution in [3.8, 4) is 33.8 Å². The lowest BCUT2D eigenvalue weighted by Crippen LogP contribution is -2.71. The minimum atomic E-state index is -1.39. The van der Waals surface area contributed by atoms with Crippen LogP contribution in [0.25, 0.3) is 22.3 Å². The van der Waals surface area contributed by atoms with Gasteiger partial charge in [0.25, 0.3) is 5.72 Å². The third-order valence-corrected chi connectivity index (χ3v) is 14.3. The monoisotopic (exact) mass is 1120 g/mol. The van der Waals surface area contributed by atoms with E-state index in [1.165, 1.54) is 13.8 Å². The number of likely N-dealkylation sites (N-methyl/N-ethyl adjacent to an activating group) is 1. The van der Waals surface area contributed by atoms with E-state index >= 15 is 0 Å². The molecule has 3 N–H and O–H groups in total. The van der Waals surface area contributed by atoms with Crippen LogP contribution in [0.3, 0.4) is 0 Å². The van der Waals surface area contributed by atoms with Crippen LogP contribution in [0.4, 0.5) is 0 Å². The maximum atomic E-state index is 13.4. The first-order valence-electron chi connectivity index (χ1n) is 27.2. The number of unbranched alkanes of at least 4 members (excludes halogenated alkanes) is 3. The van der Waals surface area contributed by atoms with E-state index in [2.05, 4.69) is 37.5 Å². The number of hydrogen-bond donors (Lipinski definition) is 3. The molecule has 80 heavy (non-hydrogen) atoms. The number of rotatable bonds is 32. The van der Waals surface area contributed by atoms with Crippen molar-refractivity contribution in [3.05, 3.63) is 72.3 Å². The van der Waals surface area contributed by atoms with Crippen molar-refractivity contribution in [1.29, 1.82) is 0 Å². The average molecular weight is 1120 g/mol. The zero-order chi connectivity index (χ0) is 58.4. The summed E-state index contributed by atoms with van der Waals surface area (Å²) < 4.78 is 65.3. The van der Waals surface area contributed by atoms with Gasteiger partial charge in [-0.25, -0.2) is 0 Å². The van der Waals surface area contributed by atoms with Gasteiger partial charge in [0.15, 0.2) is 30.9 Å². The lowest BCUT2D eigenvalue weighted by molar-refractivity contribution is -0.999. The Bertz CT molecular complexity index is 2510. The Balaban J connectivity index is 1.22. The van der Waals surface area contributed by atoms with Gasteiger partial charge in [-0.15, -0.1) is 0 Å². The van der Waals surface area contributed by atoms with Gasteiger partial charge in [-0.2, -0.15) is 0 Å². The summed E-state index contributed by atoms with van der Waals surface area (Å²) in [5, 5.41) is 14.8. The standard InChI is InChI=1S/C58H79N3O19/c1-10-61(11-2,12-3)58(36-72-33-44-18-17-43(41-19-23-45(70-8)24-20-41)31-47(44)42-21-25-46(71-9)26-22-42)49(79-52(69)28-27-51(67)68)32-53(80-58)73-30-16-14-13-15-29-59-50(66)35-75-57-54(60-37(4)62)56(77-40(7)65)55(76-39(6)64)48(78-57)34-74-38(5)63/h17-26,31,48-49,53-57H,10-16,27-30,32-36H2,1-9H3,(H2-,59,60,62,66,67,68)/p+1/t48-,49+,53-,54-,55+,56-,57-,58-/m1/s1. The predicted octanol–water partition coefficient (Wildman–Crippen LogP) is 6.02. The topological polar surface area (TPSA) is 265 Å². The van der Waals surface area contributed by atoms with Gasteiger partial charge in [0.05, 0.1) is 53.3 Å². The number of carbonyl (C=O) groups excluding carboxylic acids is 6. The molecule has 0 aromatic heterocycles. The van der Waals surface area contributed by atoms with Crippen molar-refractivity contribution in [2.24, 2.45) is 0 Å². The fraction of sp³-hybridized carbons (Fsp3) is 0.569. The third kappa shape index (κ3) is 17.9. The molecule has 0 bridgehead atoms. The average Bonchev–Trinajstić information content (AvgIpc) is 4.04. The molecular weight excluding hydrogens is 1040 g/mol. The molecular formula is C58H80N3O19+. The summed E-state index contributed by atoms with van der Waals surface area (Å²) in [6.45, 7) is 12.4. The molecule has 2 amide bonds. The molecule has 8 atom stereocenters. The van der Waals surface area contributed by atoms with Crippen LogP contribution in [0, 0.1) is 0 Å². The first-order chi connectivity index (χ1) is 38.3. The molecule has 2 aliphatic heterocycles. The number of carboxylic acids is 1. The molecule has 0 aliphatic carbocycles. The molecule has 2 fully saturated rings. The molecule has 0 unspecified atom stereocenters. The Morgan fingerprint density at radius 2 is 1.32 bits per heavy atom. The molecule has 3 aromatic rings. The number of nitrogens with zero attached hydrogens (tertiary/aromatic N) is 1. The fourth-order valence-electron chi connectivity index (χ4n) is 10.2. The van der Waals surface area contributed by atoms with E-state index in [-0.39, 0.29) is 32.5 Å². The van der Waals surface area contributed by atoms with Crippen molar-refractivity contribution in [3.63, 3.8) is 0 Å². The second-order valence-corrected chi connectivity index (χ2v) is 19.6. The van der Waals surface area contributed by atoms with Crippen LogP contribution >= 0.6 is 0 Å². The summed E-state index contributed by atoms with van der Waals surface area (Å²) in [6, 6.07) is 20.7. The maximum absolute atomic E-state index is 13.4. The molecule has 2 heterocycles. The molecule has 2 aliphatic rings. The van der Waals surface area contributed by atoms with Crippen LogP contribution < -0.4 is 20.1 Å². The summed E-state index contributed by atoms with van der Waals surface area (Å²) in [5.74, 6) is -3.55. The fourth-order valence-corrected chi connectivity index (χ4v) is 10.2. The number of esters is 4. The van der Waals surface area contributed by atoms with Crippen LogP contribution in [-0.2, 0) is 82.8 Å². The Kier molecular flexibility index (Phi) is 25.1. The first kappa shape index (κ1) is 64.1. The van der Waals surface area contributed by atoms with Gasteiger partial charge in [0.1, 0.15) is 43.5 Å². The summed E-state index contributed by atoms with van der Waals surface area (Å²) in [4.78, 5) is 86.1. The van der Waals surface area contributed by atoms with Gasteiger partial charge >= 0.3 is 29.8 Å². The van der Waals surface area contributed by atoms with E-state index in [9.17, 15) is 38.7 Å². The van der Waals surface area contributed by atoms with Crippen molar-refractivity contribution in [1.82, 2.24) is 10.6 Å². The number of ether oxygens (including phenoxy) is 11. The van der Waals surface area contributed by atoms with E-state index < -0.39 is 104 Å². The van der Waals surface area contributed by atoms with Crippen LogP contribution in [0.15, 0.2) is 66.7 Å².